The van der Waals surface area contributed by atoms with E-state index in [0.29, 0.717) is 29.0 Å². The Balaban J connectivity index is 1.54. The van der Waals surface area contributed by atoms with Crippen molar-refractivity contribution in [2.45, 2.75) is 58.9 Å². The van der Waals surface area contributed by atoms with Gasteiger partial charge in [0.2, 0.25) is 0 Å². The number of benzene rings is 1. The molecule has 5 heteroatoms. The standard InChI is InChI=1S/C24H31N3O2/c1-24(2,3)19-12-14-20(15-13-19)26-23(29)22-18(16-25-27-22)10-7-11-21(28)17-8-5-4-6-9-17/h4-9,11,16,19-20H,10,12-15H2,1-3H3,(H,25,27)(H,26,29)/b11-7+. The van der Waals surface area contributed by atoms with E-state index < -0.39 is 0 Å². The molecule has 2 aromatic rings. The summed E-state index contributed by atoms with van der Waals surface area (Å²) in [6.45, 7) is 6.89. The van der Waals surface area contributed by atoms with Crippen LogP contribution in [0.3, 0.4) is 0 Å². The number of H-pyrrole nitrogens is 1. The summed E-state index contributed by atoms with van der Waals surface area (Å²) in [5.74, 6) is 0.556. The minimum Gasteiger partial charge on any atom is -0.348 e. The smallest absolute Gasteiger partial charge is 0.269 e. The van der Waals surface area contributed by atoms with Gasteiger partial charge in [-0.1, -0.05) is 57.2 Å². The molecule has 1 aliphatic carbocycles. The SMILES string of the molecule is CC(C)(C)C1CCC(NC(=O)c2[nH]ncc2C/C=C/C(=O)c2ccccc2)CC1. The Hall–Kier alpha value is -2.69. The molecule has 1 fully saturated rings. The predicted octanol–water partition coefficient (Wildman–Crippen LogP) is 4.73. The maximum Gasteiger partial charge on any atom is 0.269 e. The van der Waals surface area contributed by atoms with E-state index in [0.717, 1.165) is 31.2 Å². The number of rotatable bonds is 6. The molecule has 0 radical (unpaired) electrons. The predicted molar refractivity (Wildman–Crippen MR) is 115 cm³/mol. The first-order valence-electron chi connectivity index (χ1n) is 10.4. The highest BCUT2D eigenvalue weighted by atomic mass is 16.2. The number of nitrogens with zero attached hydrogens (tertiary/aromatic N) is 1. The summed E-state index contributed by atoms with van der Waals surface area (Å²) in [7, 11) is 0. The molecule has 154 valence electrons. The van der Waals surface area contributed by atoms with Crippen molar-refractivity contribution < 1.29 is 9.59 Å². The molecule has 1 amide bonds. The minimum absolute atomic E-state index is 0.0456. The molecule has 1 aliphatic rings. The zero-order valence-electron chi connectivity index (χ0n) is 17.6. The molecule has 0 atom stereocenters. The highest BCUT2D eigenvalue weighted by molar-refractivity contribution is 6.04. The molecule has 1 heterocycles. The lowest BCUT2D eigenvalue weighted by Crippen LogP contribution is -2.39. The Labute approximate surface area is 173 Å². The third kappa shape index (κ3) is 5.66. The van der Waals surface area contributed by atoms with Gasteiger partial charge >= 0.3 is 0 Å². The molecule has 2 N–H and O–H groups in total. The largest absolute Gasteiger partial charge is 0.348 e. The Bertz CT molecular complexity index is 854. The second-order valence-electron chi connectivity index (χ2n) is 9.00. The van der Waals surface area contributed by atoms with Crippen molar-refractivity contribution in [3.63, 3.8) is 0 Å². The quantitative estimate of drug-likeness (QED) is 0.550. The van der Waals surface area contributed by atoms with Crippen LogP contribution in [0.25, 0.3) is 0 Å². The lowest BCUT2D eigenvalue weighted by atomic mass is 9.71. The summed E-state index contributed by atoms with van der Waals surface area (Å²) in [4.78, 5) is 24.9. The Morgan fingerprint density at radius 2 is 1.83 bits per heavy atom. The molecule has 0 aliphatic heterocycles. The van der Waals surface area contributed by atoms with Gasteiger partial charge in [0, 0.05) is 17.2 Å². The molecule has 3 rings (SSSR count). The van der Waals surface area contributed by atoms with Gasteiger partial charge in [0.25, 0.3) is 5.91 Å². The average molecular weight is 394 g/mol. The Kier molecular flexibility index (Phi) is 6.68. The zero-order chi connectivity index (χ0) is 20.9. The van der Waals surface area contributed by atoms with E-state index in [1.807, 2.05) is 18.2 Å². The summed E-state index contributed by atoms with van der Waals surface area (Å²) >= 11 is 0. The summed E-state index contributed by atoms with van der Waals surface area (Å²) in [5, 5.41) is 10.0. The van der Waals surface area contributed by atoms with Crippen LogP contribution < -0.4 is 5.32 Å². The van der Waals surface area contributed by atoms with Gasteiger partial charge in [0.15, 0.2) is 5.78 Å². The first-order chi connectivity index (χ1) is 13.8. The maximum atomic E-state index is 12.7. The Morgan fingerprint density at radius 1 is 1.14 bits per heavy atom. The normalized spacial score (nSPS) is 20.0. The zero-order valence-corrected chi connectivity index (χ0v) is 17.6. The molecule has 1 aromatic heterocycles. The van der Waals surface area contributed by atoms with Gasteiger partial charge in [-0.2, -0.15) is 5.10 Å². The van der Waals surface area contributed by atoms with E-state index in [1.54, 1.807) is 30.5 Å². The van der Waals surface area contributed by atoms with Gasteiger partial charge in [0.1, 0.15) is 5.69 Å². The second-order valence-corrected chi connectivity index (χ2v) is 9.00. The van der Waals surface area contributed by atoms with Crippen molar-refractivity contribution in [1.82, 2.24) is 15.5 Å². The van der Waals surface area contributed by atoms with Gasteiger partial charge in [-0.15, -0.1) is 0 Å². The van der Waals surface area contributed by atoms with Crippen molar-refractivity contribution in [3.05, 3.63) is 65.5 Å². The van der Waals surface area contributed by atoms with Gasteiger partial charge in [-0.05, 0) is 49.5 Å². The number of ketones is 1. The van der Waals surface area contributed by atoms with Crippen molar-refractivity contribution in [2.24, 2.45) is 11.3 Å². The Morgan fingerprint density at radius 3 is 2.48 bits per heavy atom. The molecule has 5 nitrogen and oxygen atoms in total. The molecular formula is C24H31N3O2. The first kappa shape index (κ1) is 21.0. The highest BCUT2D eigenvalue weighted by Crippen LogP contribution is 2.37. The molecule has 0 spiro atoms. The number of amides is 1. The monoisotopic (exact) mass is 393 g/mol. The lowest BCUT2D eigenvalue weighted by Gasteiger charge is -2.37. The minimum atomic E-state index is -0.112. The number of nitrogens with one attached hydrogen (secondary N) is 2. The van der Waals surface area contributed by atoms with E-state index in [2.05, 4.69) is 36.3 Å². The fraction of sp³-hybridized carbons (Fsp3) is 0.458. The van der Waals surface area contributed by atoms with E-state index in [1.165, 1.54) is 0 Å². The van der Waals surface area contributed by atoms with Crippen molar-refractivity contribution in [3.8, 4) is 0 Å². The fourth-order valence-corrected chi connectivity index (χ4v) is 4.02. The molecule has 0 saturated heterocycles. The molecule has 0 unspecified atom stereocenters. The van der Waals surface area contributed by atoms with Gasteiger partial charge in [-0.25, -0.2) is 0 Å². The van der Waals surface area contributed by atoms with E-state index >= 15 is 0 Å². The van der Waals surface area contributed by atoms with Crippen LogP contribution in [0.15, 0.2) is 48.7 Å². The van der Waals surface area contributed by atoms with Crippen LogP contribution >= 0.6 is 0 Å². The number of aromatic amines is 1. The van der Waals surface area contributed by atoms with Gasteiger partial charge in [0.05, 0.1) is 6.20 Å². The molecule has 1 saturated carbocycles. The van der Waals surface area contributed by atoms with E-state index in [-0.39, 0.29) is 17.7 Å². The summed E-state index contributed by atoms with van der Waals surface area (Å²) < 4.78 is 0. The van der Waals surface area contributed by atoms with Crippen LogP contribution in [0.4, 0.5) is 0 Å². The van der Waals surface area contributed by atoms with E-state index in [9.17, 15) is 9.59 Å². The van der Waals surface area contributed by atoms with Crippen molar-refractivity contribution in [2.75, 3.05) is 0 Å². The molecule has 29 heavy (non-hydrogen) atoms. The summed E-state index contributed by atoms with van der Waals surface area (Å²) in [6.07, 6.45) is 9.80. The number of carbonyl (C=O) groups is 2. The topological polar surface area (TPSA) is 74.8 Å². The fourth-order valence-electron chi connectivity index (χ4n) is 4.02. The highest BCUT2D eigenvalue weighted by Gasteiger charge is 2.30. The first-order valence-corrected chi connectivity index (χ1v) is 10.4. The van der Waals surface area contributed by atoms with Gasteiger partial charge < -0.3 is 5.32 Å². The maximum absolute atomic E-state index is 12.7. The van der Waals surface area contributed by atoms with Crippen LogP contribution in [0, 0.1) is 11.3 Å². The van der Waals surface area contributed by atoms with Gasteiger partial charge in [-0.3, -0.25) is 14.7 Å². The van der Waals surface area contributed by atoms with Crippen LogP contribution in [0.1, 0.15) is 72.9 Å². The van der Waals surface area contributed by atoms with Crippen LogP contribution in [-0.4, -0.2) is 27.9 Å². The number of carbonyl (C=O) groups excluding carboxylic acids is 2. The van der Waals surface area contributed by atoms with Crippen molar-refractivity contribution >= 4 is 11.7 Å². The summed E-state index contributed by atoms with van der Waals surface area (Å²) in [5.41, 5.74) is 2.26. The third-order valence-corrected chi connectivity index (χ3v) is 5.90. The van der Waals surface area contributed by atoms with Crippen molar-refractivity contribution in [1.29, 1.82) is 0 Å². The lowest BCUT2D eigenvalue weighted by molar-refractivity contribution is 0.0898. The average Bonchev–Trinajstić information content (AvgIpc) is 3.17. The van der Waals surface area contributed by atoms with Crippen LogP contribution in [0.5, 0.6) is 0 Å². The second kappa shape index (κ2) is 9.21. The number of hydrogen-bond donors (Lipinski definition) is 2. The third-order valence-electron chi connectivity index (χ3n) is 5.90. The summed E-state index contributed by atoms with van der Waals surface area (Å²) in [6, 6.07) is 9.36. The van der Waals surface area contributed by atoms with Crippen LogP contribution in [0.2, 0.25) is 0 Å². The van der Waals surface area contributed by atoms with E-state index in [4.69, 9.17) is 0 Å². The molecular weight excluding hydrogens is 362 g/mol. The number of hydrogen-bond acceptors (Lipinski definition) is 3. The molecule has 0 bridgehead atoms. The molecule has 1 aromatic carbocycles. The number of allylic oxidation sites excluding steroid dienone is 2. The van der Waals surface area contributed by atoms with Crippen LogP contribution in [-0.2, 0) is 6.42 Å². The number of aromatic nitrogens is 2.